The van der Waals surface area contributed by atoms with Crippen molar-refractivity contribution in [1.29, 1.82) is 0 Å². The van der Waals surface area contributed by atoms with Gasteiger partial charge < -0.3 is 5.11 Å². The van der Waals surface area contributed by atoms with Crippen LogP contribution in [0.2, 0.25) is 0 Å². The fourth-order valence-electron chi connectivity index (χ4n) is 5.29. The van der Waals surface area contributed by atoms with E-state index in [2.05, 4.69) is 13.8 Å². The first-order valence-corrected chi connectivity index (χ1v) is 16.5. The van der Waals surface area contributed by atoms with Gasteiger partial charge in [-0.3, -0.25) is 0 Å². The van der Waals surface area contributed by atoms with E-state index in [4.69, 9.17) is 0 Å². The van der Waals surface area contributed by atoms with E-state index >= 15 is 0 Å². The van der Waals surface area contributed by atoms with Crippen LogP contribution in [0.4, 0.5) is 0 Å². The summed E-state index contributed by atoms with van der Waals surface area (Å²) in [5, 5.41) is 10.2. The quantitative estimate of drug-likeness (QED) is 0.101. The lowest BCUT2D eigenvalue weighted by Crippen LogP contribution is -2.05. The normalized spacial score (nSPS) is 12.4. The van der Waals surface area contributed by atoms with E-state index in [0.717, 1.165) is 12.8 Å². The second kappa shape index (κ2) is 31.0. The lowest BCUT2D eigenvalue weighted by molar-refractivity contribution is 0.147. The van der Waals surface area contributed by atoms with Crippen molar-refractivity contribution in [3.63, 3.8) is 0 Å². The molecule has 1 nitrogen and oxygen atoms in total. The van der Waals surface area contributed by atoms with Gasteiger partial charge in [0.1, 0.15) is 0 Å². The molecule has 0 rings (SSSR count). The van der Waals surface area contributed by atoms with Crippen molar-refractivity contribution in [1.82, 2.24) is 0 Å². The van der Waals surface area contributed by atoms with Gasteiger partial charge in [0.25, 0.3) is 0 Å². The molecule has 1 heteroatoms. The Morgan fingerprint density at radius 3 is 0.676 bits per heavy atom. The predicted molar refractivity (Wildman–Crippen MR) is 156 cm³/mol. The number of hydrogen-bond donors (Lipinski definition) is 1. The second-order valence-electron chi connectivity index (χ2n) is 11.4. The molecule has 34 heavy (non-hydrogen) atoms. The molecule has 206 valence electrons. The van der Waals surface area contributed by atoms with Gasteiger partial charge >= 0.3 is 0 Å². The molecule has 0 saturated carbocycles. The first kappa shape index (κ1) is 34.0. The monoisotopic (exact) mass is 481 g/mol. The van der Waals surface area contributed by atoms with Gasteiger partial charge in [0.2, 0.25) is 0 Å². The van der Waals surface area contributed by atoms with Crippen LogP contribution in [0.15, 0.2) is 0 Å². The maximum Gasteiger partial charge on any atom is 0.0540 e. The van der Waals surface area contributed by atoms with Crippen molar-refractivity contribution in [2.75, 3.05) is 0 Å². The van der Waals surface area contributed by atoms with E-state index in [9.17, 15) is 5.11 Å². The van der Waals surface area contributed by atoms with E-state index in [0.29, 0.717) is 0 Å². The van der Waals surface area contributed by atoms with Crippen LogP contribution in [0.3, 0.4) is 0 Å². The van der Waals surface area contributed by atoms with Gasteiger partial charge in [-0.15, -0.1) is 0 Å². The zero-order chi connectivity index (χ0) is 24.8. The van der Waals surface area contributed by atoms with Crippen molar-refractivity contribution in [3.8, 4) is 0 Å². The van der Waals surface area contributed by atoms with Crippen LogP contribution in [0.5, 0.6) is 0 Å². The van der Waals surface area contributed by atoms with Crippen LogP contribution in [-0.2, 0) is 0 Å². The zero-order valence-corrected chi connectivity index (χ0v) is 24.2. The maximum absolute atomic E-state index is 10.2. The van der Waals surface area contributed by atoms with Gasteiger partial charge in [0, 0.05) is 0 Å². The van der Waals surface area contributed by atoms with Crippen molar-refractivity contribution in [2.45, 2.75) is 213 Å². The van der Waals surface area contributed by atoms with Gasteiger partial charge in [-0.1, -0.05) is 194 Å². The molecular formula is C33H68O. The summed E-state index contributed by atoms with van der Waals surface area (Å²) in [5.41, 5.74) is 0. The Hall–Kier alpha value is -0.0400. The van der Waals surface area contributed by atoms with Crippen LogP contribution in [0.1, 0.15) is 206 Å². The number of aliphatic hydroxyl groups is 1. The molecular weight excluding hydrogens is 412 g/mol. The highest BCUT2D eigenvalue weighted by Crippen LogP contribution is 2.17. The molecule has 0 fully saturated rings. The average Bonchev–Trinajstić information content (AvgIpc) is 2.84. The molecule has 1 N–H and O–H groups in total. The summed E-state index contributed by atoms with van der Waals surface area (Å²) in [7, 11) is 0. The molecule has 0 aliphatic heterocycles. The number of aliphatic hydroxyl groups excluding tert-OH is 1. The largest absolute Gasteiger partial charge is 0.393 e. The Bertz CT molecular complexity index is 339. The first-order valence-electron chi connectivity index (χ1n) is 16.5. The van der Waals surface area contributed by atoms with Crippen molar-refractivity contribution < 1.29 is 5.11 Å². The van der Waals surface area contributed by atoms with Gasteiger partial charge in [-0.05, 0) is 12.8 Å². The summed E-state index contributed by atoms with van der Waals surface area (Å²) in [5.74, 6) is 0. The Morgan fingerprint density at radius 1 is 0.294 bits per heavy atom. The van der Waals surface area contributed by atoms with Crippen LogP contribution in [-0.4, -0.2) is 11.2 Å². The average molecular weight is 481 g/mol. The molecule has 1 unspecified atom stereocenters. The Morgan fingerprint density at radius 2 is 0.471 bits per heavy atom. The predicted octanol–water partition coefficient (Wildman–Crippen LogP) is 12.1. The third-order valence-corrected chi connectivity index (χ3v) is 7.78. The highest BCUT2D eigenvalue weighted by Gasteiger charge is 2.04. The molecule has 0 saturated heterocycles. The van der Waals surface area contributed by atoms with Crippen LogP contribution < -0.4 is 0 Å². The summed E-state index contributed by atoms with van der Waals surface area (Å²) in [6.45, 7) is 4.59. The summed E-state index contributed by atoms with van der Waals surface area (Å²) in [4.78, 5) is 0. The van der Waals surface area contributed by atoms with E-state index < -0.39 is 0 Å². The molecule has 0 bridgehead atoms. The number of unbranched alkanes of at least 4 members (excludes halogenated alkanes) is 26. The number of hydrogen-bond acceptors (Lipinski definition) is 1. The standard InChI is InChI=1S/C33H68O/c1-3-5-7-9-11-13-15-17-18-20-22-24-26-28-30-32-33(34)31-29-27-25-23-21-19-16-14-12-10-8-6-4-2/h33-34H,3-32H2,1-2H3. The maximum atomic E-state index is 10.2. The zero-order valence-electron chi connectivity index (χ0n) is 24.2. The highest BCUT2D eigenvalue weighted by atomic mass is 16.3. The molecule has 0 spiro atoms. The van der Waals surface area contributed by atoms with Crippen molar-refractivity contribution in [2.24, 2.45) is 0 Å². The first-order chi connectivity index (χ1) is 16.8. The van der Waals surface area contributed by atoms with Gasteiger partial charge in [0.05, 0.1) is 6.10 Å². The van der Waals surface area contributed by atoms with Gasteiger partial charge in [0.15, 0.2) is 0 Å². The van der Waals surface area contributed by atoms with Gasteiger partial charge in [-0.2, -0.15) is 0 Å². The van der Waals surface area contributed by atoms with E-state index in [1.165, 1.54) is 180 Å². The molecule has 0 heterocycles. The lowest BCUT2D eigenvalue weighted by atomic mass is 10.0. The third-order valence-electron chi connectivity index (χ3n) is 7.78. The summed E-state index contributed by atoms with van der Waals surface area (Å²) in [6, 6.07) is 0. The summed E-state index contributed by atoms with van der Waals surface area (Å²) >= 11 is 0. The highest BCUT2D eigenvalue weighted by molar-refractivity contribution is 4.58. The topological polar surface area (TPSA) is 20.2 Å². The Kier molecular flexibility index (Phi) is 31.0. The smallest absolute Gasteiger partial charge is 0.0540 e. The Labute approximate surface area is 217 Å². The Balaban J connectivity index is 3.13. The third kappa shape index (κ3) is 30.0. The molecule has 0 aromatic carbocycles. The minimum atomic E-state index is -0.0327. The molecule has 0 aliphatic carbocycles. The fourth-order valence-corrected chi connectivity index (χ4v) is 5.29. The SMILES string of the molecule is CCCCCCCCCCCCCCCCCC(O)CCCCCCCCCCCCCCC. The molecule has 0 aromatic heterocycles. The molecule has 0 aromatic rings. The van der Waals surface area contributed by atoms with Crippen LogP contribution in [0, 0.1) is 0 Å². The van der Waals surface area contributed by atoms with Crippen LogP contribution >= 0.6 is 0 Å². The minimum Gasteiger partial charge on any atom is -0.393 e. The fraction of sp³-hybridized carbons (Fsp3) is 1.00. The number of rotatable bonds is 30. The molecule has 1 atom stereocenters. The van der Waals surface area contributed by atoms with E-state index in [1.54, 1.807) is 0 Å². The second-order valence-corrected chi connectivity index (χ2v) is 11.4. The molecule has 0 amide bonds. The lowest BCUT2D eigenvalue weighted by Gasteiger charge is -2.10. The van der Waals surface area contributed by atoms with Crippen molar-refractivity contribution in [3.05, 3.63) is 0 Å². The minimum absolute atomic E-state index is 0.0327. The summed E-state index contributed by atoms with van der Waals surface area (Å²) in [6.07, 6.45) is 41.5. The van der Waals surface area contributed by atoms with E-state index in [1.807, 2.05) is 0 Å². The van der Waals surface area contributed by atoms with E-state index in [-0.39, 0.29) is 6.10 Å². The van der Waals surface area contributed by atoms with Gasteiger partial charge in [-0.25, -0.2) is 0 Å². The van der Waals surface area contributed by atoms with Crippen molar-refractivity contribution >= 4 is 0 Å². The molecule has 0 radical (unpaired) electrons. The summed E-state index contributed by atoms with van der Waals surface area (Å²) < 4.78 is 0. The molecule has 0 aliphatic rings. The van der Waals surface area contributed by atoms with Crippen LogP contribution in [0.25, 0.3) is 0 Å².